The van der Waals surface area contributed by atoms with Crippen molar-refractivity contribution in [1.82, 2.24) is 15.1 Å². The normalized spacial score (nSPS) is 17.3. The van der Waals surface area contributed by atoms with Crippen molar-refractivity contribution in [3.8, 4) is 0 Å². The van der Waals surface area contributed by atoms with Crippen molar-refractivity contribution < 1.29 is 14.0 Å². The number of anilines is 2. The summed E-state index contributed by atoms with van der Waals surface area (Å²) in [5, 5.41) is 11.9. The first-order valence-electron chi connectivity index (χ1n) is 10.5. The highest BCUT2D eigenvalue weighted by Gasteiger charge is 2.30. The maximum Gasteiger partial charge on any atom is 0.241 e. The van der Waals surface area contributed by atoms with Gasteiger partial charge in [-0.25, -0.2) is 0 Å². The molecule has 0 spiro atoms. The Labute approximate surface area is 181 Å². The zero-order valence-corrected chi connectivity index (χ0v) is 18.0. The van der Waals surface area contributed by atoms with E-state index in [1.807, 2.05) is 49.2 Å². The Hall–Kier alpha value is -3.26. The zero-order chi connectivity index (χ0) is 22.0. The summed E-state index contributed by atoms with van der Waals surface area (Å²) in [7, 11) is 1.94. The average molecular weight is 422 g/mol. The van der Waals surface area contributed by atoms with Crippen LogP contribution in [0.15, 0.2) is 47.0 Å². The van der Waals surface area contributed by atoms with Crippen molar-refractivity contribution in [2.75, 3.05) is 30.4 Å². The van der Waals surface area contributed by atoms with Crippen LogP contribution >= 0.6 is 0 Å². The largest absolute Gasteiger partial charge is 0.451 e. The highest BCUT2D eigenvalue weighted by Crippen LogP contribution is 2.31. The lowest BCUT2D eigenvalue weighted by molar-refractivity contribution is -0.120. The number of Topliss-reactive ketones (excluding diaryl/α,β-unsaturated/α-hetero) is 1. The van der Waals surface area contributed by atoms with Gasteiger partial charge < -0.3 is 14.6 Å². The molecule has 1 aromatic carbocycles. The van der Waals surface area contributed by atoms with Gasteiger partial charge in [-0.3, -0.25) is 14.5 Å². The minimum absolute atomic E-state index is 0.175. The third-order valence-electron chi connectivity index (χ3n) is 5.93. The van der Waals surface area contributed by atoms with E-state index in [0.717, 1.165) is 37.1 Å². The lowest BCUT2D eigenvalue weighted by Crippen LogP contribution is -2.46. The van der Waals surface area contributed by atoms with Crippen LogP contribution in [0.25, 0.3) is 11.0 Å². The minimum Gasteiger partial charge on any atom is -0.451 e. The molecule has 1 N–H and O–H groups in total. The Kier molecular flexibility index (Phi) is 5.99. The van der Waals surface area contributed by atoms with Gasteiger partial charge in [-0.1, -0.05) is 12.1 Å². The Bertz CT molecular complexity index is 1080. The molecule has 1 fully saturated rings. The van der Waals surface area contributed by atoms with Crippen LogP contribution in [0.2, 0.25) is 0 Å². The van der Waals surface area contributed by atoms with Crippen LogP contribution in [0.4, 0.5) is 11.5 Å². The summed E-state index contributed by atoms with van der Waals surface area (Å²) in [6.45, 7) is 4.95. The zero-order valence-electron chi connectivity index (χ0n) is 18.0. The third-order valence-corrected chi connectivity index (χ3v) is 5.93. The van der Waals surface area contributed by atoms with Crippen LogP contribution in [0.1, 0.15) is 37.2 Å². The summed E-state index contributed by atoms with van der Waals surface area (Å²) in [6, 6.07) is 11.0. The molecule has 2 aromatic heterocycles. The van der Waals surface area contributed by atoms with Gasteiger partial charge in [0.2, 0.25) is 5.91 Å². The smallest absolute Gasteiger partial charge is 0.241 e. The van der Waals surface area contributed by atoms with E-state index in [1.54, 1.807) is 12.3 Å². The monoisotopic (exact) mass is 421 g/mol. The van der Waals surface area contributed by atoms with E-state index in [9.17, 15) is 9.59 Å². The van der Waals surface area contributed by atoms with E-state index in [1.165, 1.54) is 6.92 Å². The molecule has 3 aromatic rings. The highest BCUT2D eigenvalue weighted by molar-refractivity contribution is 6.11. The van der Waals surface area contributed by atoms with E-state index in [2.05, 4.69) is 20.4 Å². The van der Waals surface area contributed by atoms with Crippen LogP contribution < -0.4 is 10.2 Å². The van der Waals surface area contributed by atoms with Gasteiger partial charge in [-0.2, -0.15) is 5.10 Å². The van der Waals surface area contributed by atoms with Gasteiger partial charge in [0.15, 0.2) is 17.4 Å². The molecule has 0 aliphatic carbocycles. The van der Waals surface area contributed by atoms with Crippen molar-refractivity contribution in [3.05, 3.63) is 48.4 Å². The fraction of sp³-hybridized carbons (Fsp3) is 0.391. The van der Waals surface area contributed by atoms with Crippen molar-refractivity contribution in [3.63, 3.8) is 0 Å². The molecule has 2 atom stereocenters. The maximum absolute atomic E-state index is 13.1. The number of ketones is 1. The number of nitrogens with zero attached hydrogens (tertiary/aromatic N) is 4. The molecule has 1 amide bonds. The van der Waals surface area contributed by atoms with Gasteiger partial charge in [0.05, 0.1) is 11.7 Å². The molecule has 0 bridgehead atoms. The molecule has 3 heterocycles. The molecular formula is C23H27N5O3. The topological polar surface area (TPSA) is 91.6 Å². The fourth-order valence-corrected chi connectivity index (χ4v) is 4.11. The van der Waals surface area contributed by atoms with Crippen LogP contribution in [-0.4, -0.2) is 59.0 Å². The molecule has 1 aliphatic heterocycles. The SMILES string of the molecule is CC(=O)c1oc2ccccc2c1NC(=O)C(C)N(C)CC1CCCN1c1cccnn1. The van der Waals surface area contributed by atoms with E-state index in [0.29, 0.717) is 11.3 Å². The summed E-state index contributed by atoms with van der Waals surface area (Å²) in [5.74, 6) is 0.638. The van der Waals surface area contributed by atoms with Crippen molar-refractivity contribution in [2.45, 2.75) is 38.8 Å². The molecule has 2 unspecified atom stereocenters. The quantitative estimate of drug-likeness (QED) is 0.585. The van der Waals surface area contributed by atoms with E-state index in [-0.39, 0.29) is 23.5 Å². The standard InChI is InChI=1S/C23H27N5O3/c1-15(27(3)14-17-8-7-13-28(17)20-11-6-12-24-26-20)23(30)25-21-18-9-4-5-10-19(18)31-22(21)16(2)29/h4-6,9-12,15,17H,7-8,13-14H2,1-3H3,(H,25,30). The van der Waals surface area contributed by atoms with Crippen molar-refractivity contribution in [2.24, 2.45) is 0 Å². The second-order valence-corrected chi connectivity index (χ2v) is 8.03. The minimum atomic E-state index is -0.391. The number of carbonyl (C=O) groups excluding carboxylic acids is 2. The number of para-hydroxylation sites is 1. The molecule has 4 rings (SSSR count). The molecule has 31 heavy (non-hydrogen) atoms. The Balaban J connectivity index is 1.47. The summed E-state index contributed by atoms with van der Waals surface area (Å²) < 4.78 is 5.67. The Morgan fingerprint density at radius 1 is 1.29 bits per heavy atom. The second-order valence-electron chi connectivity index (χ2n) is 8.03. The van der Waals surface area contributed by atoms with Crippen LogP contribution in [0, 0.1) is 0 Å². The number of carbonyl (C=O) groups is 2. The van der Waals surface area contributed by atoms with E-state index < -0.39 is 6.04 Å². The van der Waals surface area contributed by atoms with Crippen LogP contribution in [0.3, 0.4) is 0 Å². The average Bonchev–Trinajstić information content (AvgIpc) is 3.38. The molecular weight excluding hydrogens is 394 g/mol. The maximum atomic E-state index is 13.1. The van der Waals surface area contributed by atoms with Gasteiger partial charge in [0.25, 0.3) is 0 Å². The molecule has 162 valence electrons. The second kappa shape index (κ2) is 8.85. The molecule has 0 radical (unpaired) electrons. The Morgan fingerprint density at radius 3 is 2.84 bits per heavy atom. The van der Waals surface area contributed by atoms with E-state index in [4.69, 9.17) is 4.42 Å². The number of fused-ring (bicyclic) bond motifs is 1. The first kappa shape index (κ1) is 21.0. The summed E-state index contributed by atoms with van der Waals surface area (Å²) in [6.07, 6.45) is 3.79. The number of hydrogen-bond acceptors (Lipinski definition) is 7. The predicted molar refractivity (Wildman–Crippen MR) is 119 cm³/mol. The molecule has 8 heteroatoms. The third kappa shape index (κ3) is 4.29. The van der Waals surface area contributed by atoms with Gasteiger partial charge >= 0.3 is 0 Å². The molecule has 1 aliphatic rings. The van der Waals surface area contributed by atoms with Gasteiger partial charge in [-0.15, -0.1) is 5.10 Å². The van der Waals surface area contributed by atoms with Crippen molar-refractivity contribution >= 4 is 34.2 Å². The number of likely N-dealkylation sites (N-methyl/N-ethyl adjacent to an activating group) is 1. The summed E-state index contributed by atoms with van der Waals surface area (Å²) in [5.41, 5.74) is 1.02. The fourth-order valence-electron chi connectivity index (χ4n) is 4.11. The highest BCUT2D eigenvalue weighted by atomic mass is 16.3. The number of benzene rings is 1. The van der Waals surface area contributed by atoms with Gasteiger partial charge in [-0.05, 0) is 51.1 Å². The predicted octanol–water partition coefficient (Wildman–Crippen LogP) is 3.35. The van der Waals surface area contributed by atoms with E-state index >= 15 is 0 Å². The first-order valence-corrected chi connectivity index (χ1v) is 10.5. The summed E-state index contributed by atoms with van der Waals surface area (Å²) in [4.78, 5) is 29.4. The number of aromatic nitrogens is 2. The van der Waals surface area contributed by atoms with Crippen molar-refractivity contribution in [1.29, 1.82) is 0 Å². The molecule has 8 nitrogen and oxygen atoms in total. The number of hydrogen-bond donors (Lipinski definition) is 1. The lowest BCUT2D eigenvalue weighted by atomic mass is 10.1. The molecule has 1 saturated heterocycles. The van der Waals surface area contributed by atoms with Crippen LogP contribution in [-0.2, 0) is 4.79 Å². The van der Waals surface area contributed by atoms with Gasteiger partial charge in [0.1, 0.15) is 5.58 Å². The number of nitrogens with one attached hydrogen (secondary N) is 1. The summed E-state index contributed by atoms with van der Waals surface area (Å²) >= 11 is 0. The van der Waals surface area contributed by atoms with Crippen LogP contribution in [0.5, 0.6) is 0 Å². The number of rotatable bonds is 7. The lowest BCUT2D eigenvalue weighted by Gasteiger charge is -2.31. The Morgan fingerprint density at radius 2 is 2.10 bits per heavy atom. The first-order chi connectivity index (χ1) is 15.0. The van der Waals surface area contributed by atoms with Gasteiger partial charge in [0, 0.05) is 37.6 Å². The number of furan rings is 1. The molecule has 0 saturated carbocycles. The number of amides is 1.